The first kappa shape index (κ1) is 21.7. The van der Waals surface area contributed by atoms with E-state index in [0.717, 1.165) is 48.8 Å². The zero-order valence-corrected chi connectivity index (χ0v) is 16.0. The Bertz CT molecular complexity index is 1380. The molecule has 168 valence electrons. The lowest BCUT2D eigenvalue weighted by Crippen LogP contribution is -2.18. The maximum atomic E-state index is 13.7. The number of anilines is 1. The third-order valence-corrected chi connectivity index (χ3v) is 4.40. The van der Waals surface area contributed by atoms with Crippen molar-refractivity contribution in [1.29, 1.82) is 0 Å². The average molecular weight is 464 g/mol. The molecule has 33 heavy (non-hydrogen) atoms. The monoisotopic (exact) mass is 464 g/mol. The first-order valence-corrected chi connectivity index (χ1v) is 8.88. The van der Waals surface area contributed by atoms with Crippen LogP contribution in [0.4, 0.5) is 33.5 Å². The van der Waals surface area contributed by atoms with Crippen molar-refractivity contribution in [3.63, 3.8) is 0 Å². The Labute approximate surface area is 179 Å². The van der Waals surface area contributed by atoms with Crippen LogP contribution >= 0.6 is 0 Å². The lowest BCUT2D eigenvalue weighted by atomic mass is 10.2. The molecule has 0 atom stereocenters. The van der Waals surface area contributed by atoms with Gasteiger partial charge in [-0.1, -0.05) is 6.07 Å². The number of nitro groups is 1. The topological polar surface area (TPSA) is 116 Å². The van der Waals surface area contributed by atoms with E-state index < -0.39 is 45.7 Å². The number of alkyl halides is 3. The number of fused-ring (bicyclic) bond motifs is 1. The van der Waals surface area contributed by atoms with E-state index in [9.17, 15) is 36.9 Å². The molecule has 0 aliphatic rings. The van der Waals surface area contributed by atoms with Crippen LogP contribution in [0.25, 0.3) is 16.9 Å². The van der Waals surface area contributed by atoms with Crippen molar-refractivity contribution in [2.45, 2.75) is 6.18 Å². The maximum Gasteiger partial charge on any atom is 0.450 e. The van der Waals surface area contributed by atoms with Gasteiger partial charge in [0.05, 0.1) is 28.4 Å². The van der Waals surface area contributed by atoms with Gasteiger partial charge in [0.15, 0.2) is 11.6 Å². The number of non-ortho nitro benzene ring substituents is 1. The molecule has 1 N–H and O–H groups in total. The minimum atomic E-state index is -4.94. The molecule has 0 unspecified atom stereocenters. The molecule has 4 rings (SSSR count). The van der Waals surface area contributed by atoms with Gasteiger partial charge in [-0.3, -0.25) is 19.5 Å². The van der Waals surface area contributed by atoms with Crippen molar-refractivity contribution in [2.75, 3.05) is 5.32 Å². The zero-order valence-electron chi connectivity index (χ0n) is 16.0. The Morgan fingerprint density at radius 2 is 1.76 bits per heavy atom. The molecule has 0 bridgehead atoms. The minimum absolute atomic E-state index is 0.132. The van der Waals surface area contributed by atoms with Crippen LogP contribution in [-0.4, -0.2) is 30.3 Å². The maximum absolute atomic E-state index is 13.7. The molecular formula is C19H9F5N6O3. The second kappa shape index (κ2) is 7.89. The van der Waals surface area contributed by atoms with Gasteiger partial charge in [0.2, 0.25) is 5.82 Å². The van der Waals surface area contributed by atoms with Crippen molar-refractivity contribution >= 4 is 28.4 Å². The Morgan fingerprint density at radius 1 is 1.06 bits per heavy atom. The van der Waals surface area contributed by atoms with E-state index in [1.54, 1.807) is 0 Å². The van der Waals surface area contributed by atoms with E-state index >= 15 is 0 Å². The normalized spacial score (nSPS) is 11.5. The van der Waals surface area contributed by atoms with Crippen molar-refractivity contribution in [3.05, 3.63) is 81.9 Å². The van der Waals surface area contributed by atoms with Crippen molar-refractivity contribution in [2.24, 2.45) is 0 Å². The number of amides is 1. The van der Waals surface area contributed by atoms with Crippen LogP contribution in [0.1, 0.15) is 16.2 Å². The third kappa shape index (κ3) is 4.05. The number of aromatic nitrogens is 4. The molecule has 2 aromatic heterocycles. The quantitative estimate of drug-likeness (QED) is 0.274. The summed E-state index contributed by atoms with van der Waals surface area (Å²) in [6, 6.07) is 5.78. The van der Waals surface area contributed by atoms with E-state index in [1.165, 1.54) is 0 Å². The van der Waals surface area contributed by atoms with Gasteiger partial charge >= 0.3 is 6.18 Å². The van der Waals surface area contributed by atoms with Crippen molar-refractivity contribution in [1.82, 2.24) is 19.5 Å². The number of carbonyl (C=O) groups excluding carboxylic acids is 1. The standard InChI is InChI=1S/C19H9F5N6O3/c20-10-2-1-3-11(21)16(10)17(31)28-14-7-26-15(8-25-14)29-13-5-4-9(30(32)33)6-12(13)27-18(29)19(22,23)24/h1-8H,(H,25,28,31). The summed E-state index contributed by atoms with van der Waals surface area (Å²) in [4.78, 5) is 33.3. The predicted octanol–water partition coefficient (Wildman–Crippen LogP) is 4.27. The van der Waals surface area contributed by atoms with Crippen LogP contribution < -0.4 is 5.32 Å². The number of imidazole rings is 1. The summed E-state index contributed by atoms with van der Waals surface area (Å²) in [5, 5.41) is 13.0. The highest BCUT2D eigenvalue weighted by Gasteiger charge is 2.38. The molecule has 2 aromatic carbocycles. The molecule has 0 spiro atoms. The fourth-order valence-corrected chi connectivity index (χ4v) is 3.00. The number of benzene rings is 2. The molecule has 14 heteroatoms. The van der Waals surface area contributed by atoms with Gasteiger partial charge in [-0.05, 0) is 18.2 Å². The molecule has 0 saturated carbocycles. The molecule has 0 aliphatic carbocycles. The second-order valence-electron chi connectivity index (χ2n) is 6.51. The van der Waals surface area contributed by atoms with Crippen LogP contribution in [0, 0.1) is 21.7 Å². The number of hydrogen-bond acceptors (Lipinski definition) is 6. The third-order valence-electron chi connectivity index (χ3n) is 4.40. The lowest BCUT2D eigenvalue weighted by molar-refractivity contribution is -0.384. The Morgan fingerprint density at radius 3 is 2.33 bits per heavy atom. The zero-order chi connectivity index (χ0) is 23.9. The predicted molar refractivity (Wildman–Crippen MR) is 103 cm³/mol. The van der Waals surface area contributed by atoms with Crippen molar-refractivity contribution in [3.8, 4) is 5.82 Å². The summed E-state index contributed by atoms with van der Waals surface area (Å²) >= 11 is 0. The summed E-state index contributed by atoms with van der Waals surface area (Å²) in [5.41, 5.74) is -1.76. The fraction of sp³-hybridized carbons (Fsp3) is 0.0526. The van der Waals surface area contributed by atoms with Crippen LogP contribution in [0.5, 0.6) is 0 Å². The van der Waals surface area contributed by atoms with E-state index in [2.05, 4.69) is 20.3 Å². The number of rotatable bonds is 4. The van der Waals surface area contributed by atoms with Gasteiger partial charge in [-0.25, -0.2) is 23.7 Å². The molecule has 1 amide bonds. The van der Waals surface area contributed by atoms with Gasteiger partial charge in [-0.2, -0.15) is 13.2 Å². The fourth-order valence-electron chi connectivity index (χ4n) is 3.00. The number of hydrogen-bond donors (Lipinski definition) is 1. The molecule has 0 radical (unpaired) electrons. The highest BCUT2D eigenvalue weighted by atomic mass is 19.4. The molecular weight excluding hydrogens is 455 g/mol. The summed E-state index contributed by atoms with van der Waals surface area (Å²) in [7, 11) is 0. The van der Waals surface area contributed by atoms with Gasteiger partial charge < -0.3 is 5.32 Å². The van der Waals surface area contributed by atoms with Gasteiger partial charge in [0.1, 0.15) is 17.2 Å². The molecule has 2 heterocycles. The number of nitrogens with one attached hydrogen (secondary N) is 1. The number of nitro benzene ring substituents is 1. The average Bonchev–Trinajstić information content (AvgIpc) is 3.13. The van der Waals surface area contributed by atoms with Gasteiger partial charge in [0.25, 0.3) is 11.6 Å². The van der Waals surface area contributed by atoms with E-state index in [0.29, 0.717) is 4.57 Å². The molecule has 4 aromatic rings. The van der Waals surface area contributed by atoms with Crippen LogP contribution in [0.2, 0.25) is 0 Å². The van der Waals surface area contributed by atoms with Crippen molar-refractivity contribution < 1.29 is 31.7 Å². The molecule has 0 saturated heterocycles. The van der Waals surface area contributed by atoms with E-state index in [1.807, 2.05) is 0 Å². The first-order valence-electron chi connectivity index (χ1n) is 8.88. The van der Waals surface area contributed by atoms with E-state index in [4.69, 9.17) is 0 Å². The number of carbonyl (C=O) groups is 1. The second-order valence-corrected chi connectivity index (χ2v) is 6.51. The Balaban J connectivity index is 1.72. The van der Waals surface area contributed by atoms with Crippen LogP contribution in [0.3, 0.4) is 0 Å². The molecule has 9 nitrogen and oxygen atoms in total. The number of nitrogens with zero attached hydrogens (tertiary/aromatic N) is 5. The highest BCUT2D eigenvalue weighted by molar-refractivity contribution is 6.04. The molecule has 0 aliphatic heterocycles. The highest BCUT2D eigenvalue weighted by Crippen LogP contribution is 2.34. The number of halogens is 5. The minimum Gasteiger partial charge on any atom is -0.305 e. The molecule has 0 fully saturated rings. The van der Waals surface area contributed by atoms with E-state index in [-0.39, 0.29) is 22.7 Å². The smallest absolute Gasteiger partial charge is 0.305 e. The van der Waals surface area contributed by atoms with Gasteiger partial charge in [-0.15, -0.1) is 0 Å². The van der Waals surface area contributed by atoms with Crippen LogP contribution in [0.15, 0.2) is 48.8 Å². The summed E-state index contributed by atoms with van der Waals surface area (Å²) in [5.74, 6) is -5.48. The summed E-state index contributed by atoms with van der Waals surface area (Å²) in [6.07, 6.45) is -3.20. The SMILES string of the molecule is O=C(Nc1cnc(-n2c(C(F)(F)F)nc3cc([N+](=O)[O-])ccc32)cn1)c1c(F)cccc1F. The first-order chi connectivity index (χ1) is 15.6. The van der Waals surface area contributed by atoms with Gasteiger partial charge in [0, 0.05) is 12.1 Å². The van der Waals surface area contributed by atoms with Crippen LogP contribution in [-0.2, 0) is 6.18 Å². The Hall–Kier alpha value is -4.49. The lowest BCUT2D eigenvalue weighted by Gasteiger charge is -2.11. The summed E-state index contributed by atoms with van der Waals surface area (Å²) in [6.45, 7) is 0. The summed E-state index contributed by atoms with van der Waals surface area (Å²) < 4.78 is 68.7. The Kier molecular flexibility index (Phi) is 5.19. The largest absolute Gasteiger partial charge is 0.450 e.